The molecule has 0 saturated heterocycles. The molecule has 1 rings (SSSR count). The summed E-state index contributed by atoms with van der Waals surface area (Å²) in [6.07, 6.45) is 0.754. The molecule has 0 fully saturated rings. The van der Waals surface area contributed by atoms with Crippen molar-refractivity contribution < 1.29 is 9.66 Å². The van der Waals surface area contributed by atoms with Gasteiger partial charge in [0, 0.05) is 11.8 Å². The van der Waals surface area contributed by atoms with Gasteiger partial charge in [0.1, 0.15) is 6.61 Å². The molecule has 0 aliphatic heterocycles. The van der Waals surface area contributed by atoms with Crippen LogP contribution in [-0.4, -0.2) is 17.3 Å². The predicted octanol–water partition coefficient (Wildman–Crippen LogP) is 3.02. The number of thiol groups is 1. The van der Waals surface area contributed by atoms with Crippen LogP contribution in [-0.2, 0) is 6.42 Å². The molecule has 1 aromatic rings. The van der Waals surface area contributed by atoms with E-state index in [0.29, 0.717) is 5.75 Å². The summed E-state index contributed by atoms with van der Waals surface area (Å²) < 4.78 is 5.36. The van der Waals surface area contributed by atoms with E-state index in [-0.39, 0.29) is 18.0 Å². The molecule has 0 radical (unpaired) electrons. The first-order valence-corrected chi connectivity index (χ1v) is 5.89. The number of ether oxygens (including phenoxy) is 1. The van der Waals surface area contributed by atoms with Gasteiger partial charge in [-0.1, -0.05) is 19.6 Å². The van der Waals surface area contributed by atoms with E-state index >= 15 is 0 Å². The Kier molecular flexibility index (Phi) is 5.03. The minimum atomic E-state index is -0.433. The molecule has 0 atom stereocenters. The normalized spacial score (nSPS) is 10.0. The van der Waals surface area contributed by atoms with Crippen LogP contribution < -0.4 is 4.74 Å². The number of rotatable bonds is 6. The number of aryl methyl sites for hydroxylation is 1. The van der Waals surface area contributed by atoms with Crippen LogP contribution in [0.4, 0.5) is 5.69 Å². The summed E-state index contributed by atoms with van der Waals surface area (Å²) in [4.78, 5) is 10.5. The Bertz CT molecular complexity index is 432. The van der Waals surface area contributed by atoms with E-state index in [9.17, 15) is 10.1 Å². The van der Waals surface area contributed by atoms with Crippen LogP contribution in [0.25, 0.3) is 0 Å². The van der Waals surface area contributed by atoms with Crippen LogP contribution in [0.5, 0.6) is 5.75 Å². The van der Waals surface area contributed by atoms with E-state index in [4.69, 9.17) is 4.74 Å². The lowest BCUT2D eigenvalue weighted by molar-refractivity contribution is -0.385. The number of nitro groups is 1. The first-order valence-electron chi connectivity index (χ1n) is 5.26. The number of nitro benzene ring substituents is 1. The highest BCUT2D eigenvalue weighted by Gasteiger charge is 2.15. The quantitative estimate of drug-likeness (QED) is 0.367. The molecule has 0 amide bonds. The lowest BCUT2D eigenvalue weighted by atomic mass is 10.1. The average Bonchev–Trinajstić information content (AvgIpc) is 2.35. The minimum absolute atomic E-state index is 0.00341. The Morgan fingerprint density at radius 2 is 2.29 bits per heavy atom. The summed E-state index contributed by atoms with van der Waals surface area (Å²) in [6, 6.07) is 4.99. The maximum Gasteiger partial charge on any atom is 0.311 e. The minimum Gasteiger partial charge on any atom is -0.482 e. The molecule has 0 bridgehead atoms. The molecular formula is C12H15NO3S. The molecule has 4 nitrogen and oxygen atoms in total. The maximum absolute atomic E-state index is 10.9. The molecule has 0 N–H and O–H groups in total. The van der Waals surface area contributed by atoms with Gasteiger partial charge in [0.2, 0.25) is 0 Å². The van der Waals surface area contributed by atoms with Gasteiger partial charge in [-0.15, -0.1) is 0 Å². The Labute approximate surface area is 106 Å². The third kappa shape index (κ3) is 3.78. The monoisotopic (exact) mass is 253 g/mol. The van der Waals surface area contributed by atoms with Crippen molar-refractivity contribution in [3.05, 3.63) is 46.0 Å². The summed E-state index contributed by atoms with van der Waals surface area (Å²) in [5.74, 6) is 0.774. The molecule has 92 valence electrons. The van der Waals surface area contributed by atoms with E-state index in [0.717, 1.165) is 17.6 Å². The molecule has 0 aliphatic rings. The van der Waals surface area contributed by atoms with Gasteiger partial charge in [-0.05, 0) is 23.6 Å². The highest BCUT2D eigenvalue weighted by atomic mass is 32.1. The van der Waals surface area contributed by atoms with Crippen LogP contribution in [0.1, 0.15) is 12.5 Å². The fourth-order valence-corrected chi connectivity index (χ4v) is 1.36. The summed E-state index contributed by atoms with van der Waals surface area (Å²) >= 11 is 4.05. The lowest BCUT2D eigenvalue weighted by Gasteiger charge is -2.08. The van der Waals surface area contributed by atoms with Gasteiger partial charge < -0.3 is 4.74 Å². The number of nitrogens with zero attached hydrogens (tertiary/aromatic N) is 1. The van der Waals surface area contributed by atoms with Gasteiger partial charge in [-0.2, -0.15) is 12.6 Å². The molecular weight excluding hydrogens is 238 g/mol. The predicted molar refractivity (Wildman–Crippen MR) is 71.0 cm³/mol. The number of benzene rings is 1. The van der Waals surface area contributed by atoms with Crippen molar-refractivity contribution in [2.24, 2.45) is 0 Å². The molecule has 0 aromatic heterocycles. The number of hydrogen-bond acceptors (Lipinski definition) is 4. The second kappa shape index (κ2) is 6.30. The van der Waals surface area contributed by atoms with Gasteiger partial charge in [0.25, 0.3) is 0 Å². The van der Waals surface area contributed by atoms with E-state index in [1.54, 1.807) is 12.1 Å². The molecule has 0 unspecified atom stereocenters. The Morgan fingerprint density at radius 1 is 1.59 bits per heavy atom. The van der Waals surface area contributed by atoms with Gasteiger partial charge in [-0.3, -0.25) is 10.1 Å². The van der Waals surface area contributed by atoms with Crippen molar-refractivity contribution in [2.75, 3.05) is 12.4 Å². The molecule has 17 heavy (non-hydrogen) atoms. The first kappa shape index (κ1) is 13.6. The maximum atomic E-state index is 10.9. The van der Waals surface area contributed by atoms with Crippen LogP contribution in [0.15, 0.2) is 30.4 Å². The third-order valence-electron chi connectivity index (χ3n) is 2.28. The first-order chi connectivity index (χ1) is 8.08. The third-order valence-corrected chi connectivity index (χ3v) is 2.73. The smallest absolute Gasteiger partial charge is 0.311 e. The van der Waals surface area contributed by atoms with Gasteiger partial charge >= 0.3 is 5.69 Å². The summed E-state index contributed by atoms with van der Waals surface area (Å²) in [6.45, 7) is 5.92. The zero-order valence-electron chi connectivity index (χ0n) is 9.68. The molecule has 0 spiro atoms. The number of hydrogen-bond donors (Lipinski definition) is 1. The topological polar surface area (TPSA) is 52.4 Å². The van der Waals surface area contributed by atoms with Crippen LogP contribution >= 0.6 is 12.6 Å². The van der Waals surface area contributed by atoms with E-state index in [1.807, 2.05) is 13.0 Å². The zero-order valence-corrected chi connectivity index (χ0v) is 10.6. The second-order valence-electron chi connectivity index (χ2n) is 3.61. The molecule has 0 aliphatic carbocycles. The molecule has 1 aromatic carbocycles. The van der Waals surface area contributed by atoms with Gasteiger partial charge in [-0.25, -0.2) is 0 Å². The Hall–Kier alpha value is -1.49. The lowest BCUT2D eigenvalue weighted by Crippen LogP contribution is -2.04. The SMILES string of the molecule is C=C(CS)COc1ccc(CC)cc1[N+](=O)[O-]. The van der Waals surface area contributed by atoms with E-state index < -0.39 is 4.92 Å². The Morgan fingerprint density at radius 3 is 2.82 bits per heavy atom. The fourth-order valence-electron chi connectivity index (χ4n) is 1.27. The molecule has 0 heterocycles. The highest BCUT2D eigenvalue weighted by Crippen LogP contribution is 2.28. The van der Waals surface area contributed by atoms with Crippen LogP contribution in [0, 0.1) is 10.1 Å². The zero-order chi connectivity index (χ0) is 12.8. The molecule has 5 heteroatoms. The van der Waals surface area contributed by atoms with E-state index in [2.05, 4.69) is 19.2 Å². The van der Waals surface area contributed by atoms with Crippen molar-refractivity contribution >= 4 is 18.3 Å². The van der Waals surface area contributed by atoms with Crippen molar-refractivity contribution in [1.29, 1.82) is 0 Å². The van der Waals surface area contributed by atoms with Crippen LogP contribution in [0.2, 0.25) is 0 Å². The van der Waals surface area contributed by atoms with E-state index in [1.165, 1.54) is 0 Å². The van der Waals surface area contributed by atoms with Gasteiger partial charge in [0.05, 0.1) is 4.92 Å². The highest BCUT2D eigenvalue weighted by molar-refractivity contribution is 7.80. The summed E-state index contributed by atoms with van der Waals surface area (Å²) in [7, 11) is 0. The Balaban J connectivity index is 2.90. The van der Waals surface area contributed by atoms with Crippen molar-refractivity contribution in [2.45, 2.75) is 13.3 Å². The van der Waals surface area contributed by atoms with Crippen molar-refractivity contribution in [3.63, 3.8) is 0 Å². The van der Waals surface area contributed by atoms with Crippen molar-refractivity contribution in [1.82, 2.24) is 0 Å². The average molecular weight is 253 g/mol. The fraction of sp³-hybridized carbons (Fsp3) is 0.333. The molecule has 0 saturated carbocycles. The largest absolute Gasteiger partial charge is 0.482 e. The summed E-state index contributed by atoms with van der Waals surface area (Å²) in [5, 5.41) is 10.9. The van der Waals surface area contributed by atoms with Gasteiger partial charge in [0.15, 0.2) is 5.75 Å². The standard InChI is InChI=1S/C12H15NO3S/c1-3-10-4-5-12(11(6-10)13(14)15)16-7-9(2)8-17/h4-6,17H,2-3,7-8H2,1H3. The van der Waals surface area contributed by atoms with Crippen LogP contribution in [0.3, 0.4) is 0 Å². The second-order valence-corrected chi connectivity index (χ2v) is 3.93. The van der Waals surface area contributed by atoms with Crippen molar-refractivity contribution in [3.8, 4) is 5.75 Å². The summed E-state index contributed by atoms with van der Waals surface area (Å²) in [5.41, 5.74) is 1.69.